The zero-order chi connectivity index (χ0) is 18.1. The number of H-pyrrole nitrogens is 1. The monoisotopic (exact) mass is 433 g/mol. The first kappa shape index (κ1) is 17.7. The molecule has 1 aromatic carbocycles. The van der Waals surface area contributed by atoms with Crippen LogP contribution in [-0.4, -0.2) is 52.0 Å². The van der Waals surface area contributed by atoms with Gasteiger partial charge in [0.25, 0.3) is 0 Å². The normalized spacial score (nSPS) is 17.6. The number of hydrogen-bond acceptors (Lipinski definition) is 4. The number of benzene rings is 1. The van der Waals surface area contributed by atoms with Gasteiger partial charge in [-0.15, -0.1) is 11.3 Å². The maximum atomic E-state index is 12.1. The summed E-state index contributed by atoms with van der Waals surface area (Å²) in [4.78, 5) is 21.1. The Morgan fingerprint density at radius 3 is 2.77 bits per heavy atom. The number of halogens is 1. The van der Waals surface area contributed by atoms with Crippen LogP contribution in [0.3, 0.4) is 0 Å². The first-order valence-corrected chi connectivity index (χ1v) is 10.3. The van der Waals surface area contributed by atoms with Crippen molar-refractivity contribution in [2.45, 2.75) is 12.6 Å². The van der Waals surface area contributed by atoms with Crippen LogP contribution in [0.25, 0.3) is 10.9 Å². The number of nitrogens with one attached hydrogen (secondary N) is 1. The molecule has 3 heterocycles. The van der Waals surface area contributed by atoms with E-state index in [-0.39, 0.29) is 0 Å². The predicted molar refractivity (Wildman–Crippen MR) is 108 cm³/mol. The third-order valence-corrected chi connectivity index (χ3v) is 6.29. The highest BCUT2D eigenvalue weighted by molar-refractivity contribution is 9.10. The number of aliphatic carboxylic acids is 1. The second kappa shape index (κ2) is 7.52. The van der Waals surface area contributed by atoms with E-state index in [0.29, 0.717) is 0 Å². The van der Waals surface area contributed by atoms with Crippen LogP contribution < -0.4 is 0 Å². The van der Waals surface area contributed by atoms with Crippen molar-refractivity contribution in [1.29, 1.82) is 0 Å². The Kier molecular flexibility index (Phi) is 5.13. The maximum Gasteiger partial charge on any atom is 0.325 e. The number of fused-ring (bicyclic) bond motifs is 1. The Hall–Kier alpha value is -1.67. The third-order valence-electron chi connectivity index (χ3n) is 4.94. The van der Waals surface area contributed by atoms with Crippen molar-refractivity contribution in [2.75, 3.05) is 26.2 Å². The quantitative estimate of drug-likeness (QED) is 0.639. The lowest BCUT2D eigenvalue weighted by Gasteiger charge is -2.37. The first-order valence-electron chi connectivity index (χ1n) is 8.60. The number of piperazine rings is 1. The van der Waals surface area contributed by atoms with E-state index < -0.39 is 12.0 Å². The van der Waals surface area contributed by atoms with Crippen molar-refractivity contribution in [2.24, 2.45) is 0 Å². The number of carboxylic acid groups (broad SMARTS) is 1. The van der Waals surface area contributed by atoms with E-state index in [1.807, 2.05) is 24.4 Å². The molecular weight excluding hydrogens is 414 g/mol. The molecule has 0 saturated carbocycles. The number of hydrogen-bond donors (Lipinski definition) is 2. The van der Waals surface area contributed by atoms with Gasteiger partial charge in [-0.3, -0.25) is 14.6 Å². The molecule has 2 aromatic heterocycles. The van der Waals surface area contributed by atoms with Crippen LogP contribution in [0.1, 0.15) is 16.5 Å². The van der Waals surface area contributed by atoms with Gasteiger partial charge in [0.15, 0.2) is 0 Å². The van der Waals surface area contributed by atoms with Crippen molar-refractivity contribution >= 4 is 44.1 Å². The summed E-state index contributed by atoms with van der Waals surface area (Å²) in [7, 11) is 0. The molecule has 1 saturated heterocycles. The lowest BCUT2D eigenvalue weighted by Crippen LogP contribution is -2.48. The largest absolute Gasteiger partial charge is 0.480 e. The summed E-state index contributed by atoms with van der Waals surface area (Å²) in [5.41, 5.74) is 1.80. The Morgan fingerprint density at radius 2 is 2.08 bits per heavy atom. The van der Waals surface area contributed by atoms with Crippen LogP contribution in [0.5, 0.6) is 0 Å². The van der Waals surface area contributed by atoms with Crippen LogP contribution in [0.15, 0.2) is 46.4 Å². The summed E-state index contributed by atoms with van der Waals surface area (Å²) >= 11 is 5.24. The van der Waals surface area contributed by atoms with Gasteiger partial charge in [0.05, 0.1) is 0 Å². The smallest absolute Gasteiger partial charge is 0.325 e. The van der Waals surface area contributed by atoms with Gasteiger partial charge in [-0.1, -0.05) is 28.1 Å². The number of nitrogens with zero attached hydrogens (tertiary/aromatic N) is 2. The second-order valence-electron chi connectivity index (χ2n) is 6.57. The van der Waals surface area contributed by atoms with E-state index in [9.17, 15) is 9.90 Å². The zero-order valence-corrected chi connectivity index (χ0v) is 16.6. The molecule has 2 N–H and O–H groups in total. The van der Waals surface area contributed by atoms with Gasteiger partial charge in [-0.05, 0) is 23.6 Å². The Balaban J connectivity index is 1.51. The Morgan fingerprint density at radius 1 is 1.27 bits per heavy atom. The molecule has 0 unspecified atom stereocenters. The van der Waals surface area contributed by atoms with Crippen LogP contribution >= 0.6 is 27.3 Å². The highest BCUT2D eigenvalue weighted by atomic mass is 79.9. The van der Waals surface area contributed by atoms with Crippen molar-refractivity contribution < 1.29 is 9.90 Å². The predicted octanol–water partition coefficient (Wildman–Crippen LogP) is 3.94. The van der Waals surface area contributed by atoms with Crippen molar-refractivity contribution in [3.05, 3.63) is 56.8 Å². The zero-order valence-electron chi connectivity index (χ0n) is 14.2. The fourth-order valence-corrected chi connectivity index (χ4v) is 4.74. The summed E-state index contributed by atoms with van der Waals surface area (Å²) in [6.07, 6.45) is 1.84. The number of thiophene rings is 1. The van der Waals surface area contributed by atoms with Gasteiger partial charge in [0.2, 0.25) is 0 Å². The standard InChI is InChI=1S/C19H20BrN3O2S/c20-13-3-4-15-16(11-21-17(15)10-13)18(19(24)25)23-7-5-22(6-8-23)12-14-2-1-9-26-14/h1-4,9-11,18,21H,5-8,12H2,(H,24,25)/t18-/m1/s1. The SMILES string of the molecule is O=C(O)[C@@H](c1c[nH]c2cc(Br)ccc12)N1CCN(Cc2cccs2)CC1. The molecule has 136 valence electrons. The summed E-state index contributed by atoms with van der Waals surface area (Å²) in [5.74, 6) is -0.791. The first-order chi connectivity index (χ1) is 12.6. The minimum absolute atomic E-state index is 0.617. The molecule has 0 amide bonds. The molecule has 4 rings (SSSR count). The number of aromatic nitrogens is 1. The van der Waals surface area contributed by atoms with Gasteiger partial charge >= 0.3 is 5.97 Å². The molecule has 5 nitrogen and oxygen atoms in total. The average molecular weight is 434 g/mol. The van der Waals surface area contributed by atoms with E-state index in [1.54, 1.807) is 11.3 Å². The fourth-order valence-electron chi connectivity index (χ4n) is 3.64. The molecule has 0 aliphatic carbocycles. The number of rotatable bonds is 5. The van der Waals surface area contributed by atoms with E-state index in [4.69, 9.17) is 0 Å². The van der Waals surface area contributed by atoms with Crippen molar-refractivity contribution in [3.63, 3.8) is 0 Å². The summed E-state index contributed by atoms with van der Waals surface area (Å²) in [6, 6.07) is 9.53. The van der Waals surface area contributed by atoms with Gasteiger partial charge in [0.1, 0.15) is 6.04 Å². The molecule has 3 aromatic rings. The summed E-state index contributed by atoms with van der Waals surface area (Å²) in [6.45, 7) is 4.23. The van der Waals surface area contributed by atoms with E-state index in [2.05, 4.69) is 48.2 Å². The van der Waals surface area contributed by atoms with E-state index in [1.165, 1.54) is 4.88 Å². The van der Waals surface area contributed by atoms with Gasteiger partial charge in [-0.25, -0.2) is 0 Å². The molecule has 7 heteroatoms. The minimum atomic E-state index is -0.791. The van der Waals surface area contributed by atoms with Crippen LogP contribution in [0, 0.1) is 0 Å². The molecule has 0 bridgehead atoms. The van der Waals surface area contributed by atoms with E-state index in [0.717, 1.165) is 53.7 Å². The molecule has 0 spiro atoms. The number of aromatic amines is 1. The molecule has 26 heavy (non-hydrogen) atoms. The topological polar surface area (TPSA) is 59.6 Å². The Bertz CT molecular complexity index is 901. The molecule has 1 aliphatic heterocycles. The summed E-state index contributed by atoms with van der Waals surface area (Å²) in [5, 5.41) is 13.0. The maximum absolute atomic E-state index is 12.1. The second-order valence-corrected chi connectivity index (χ2v) is 8.51. The summed E-state index contributed by atoms with van der Waals surface area (Å²) < 4.78 is 0.979. The minimum Gasteiger partial charge on any atom is -0.480 e. The molecule has 1 atom stereocenters. The molecule has 1 aliphatic rings. The number of carboxylic acids is 1. The van der Waals surface area contributed by atoms with Gasteiger partial charge in [-0.2, -0.15) is 0 Å². The van der Waals surface area contributed by atoms with E-state index >= 15 is 0 Å². The van der Waals surface area contributed by atoms with Crippen LogP contribution in [-0.2, 0) is 11.3 Å². The van der Waals surface area contributed by atoms with Crippen LogP contribution in [0.2, 0.25) is 0 Å². The average Bonchev–Trinajstić information content (AvgIpc) is 3.26. The van der Waals surface area contributed by atoms with Gasteiger partial charge in [0, 0.05) is 64.7 Å². The molecule has 1 fully saturated rings. The van der Waals surface area contributed by atoms with Gasteiger partial charge < -0.3 is 10.1 Å². The lowest BCUT2D eigenvalue weighted by atomic mass is 10.0. The number of carbonyl (C=O) groups is 1. The van der Waals surface area contributed by atoms with Crippen molar-refractivity contribution in [1.82, 2.24) is 14.8 Å². The lowest BCUT2D eigenvalue weighted by molar-refractivity contribution is -0.144. The molecule has 0 radical (unpaired) electrons. The highest BCUT2D eigenvalue weighted by Gasteiger charge is 2.32. The highest BCUT2D eigenvalue weighted by Crippen LogP contribution is 2.31. The van der Waals surface area contributed by atoms with Crippen LogP contribution in [0.4, 0.5) is 0 Å². The Labute approximate surface area is 164 Å². The molecular formula is C19H20BrN3O2S. The third kappa shape index (κ3) is 3.57. The fraction of sp³-hybridized carbons (Fsp3) is 0.316. The van der Waals surface area contributed by atoms with Crippen molar-refractivity contribution in [3.8, 4) is 0 Å².